The standard InChI is InChI=1S/C13H12FN3O2/c1-7-4-5-17-13(11(7)15)19-8-2-3-9(12(16)18)10(14)6-8/h2-6H,15H2,1H3,(H2,16,18). The summed E-state index contributed by atoms with van der Waals surface area (Å²) >= 11 is 0. The maximum Gasteiger partial charge on any atom is 0.251 e. The van der Waals surface area contributed by atoms with Crippen molar-refractivity contribution in [1.82, 2.24) is 4.98 Å². The van der Waals surface area contributed by atoms with Crippen molar-refractivity contribution >= 4 is 11.6 Å². The Morgan fingerprint density at radius 1 is 1.37 bits per heavy atom. The maximum atomic E-state index is 13.6. The second kappa shape index (κ2) is 4.93. The van der Waals surface area contributed by atoms with E-state index in [1.54, 1.807) is 13.0 Å². The summed E-state index contributed by atoms with van der Waals surface area (Å²) in [4.78, 5) is 14.9. The molecule has 19 heavy (non-hydrogen) atoms. The van der Waals surface area contributed by atoms with Crippen LogP contribution in [0.4, 0.5) is 10.1 Å². The molecule has 0 bridgehead atoms. The van der Waals surface area contributed by atoms with Crippen LogP contribution in [0.2, 0.25) is 0 Å². The molecular formula is C13H12FN3O2. The Labute approximate surface area is 109 Å². The fourth-order valence-electron chi connectivity index (χ4n) is 1.50. The van der Waals surface area contributed by atoms with E-state index in [1.165, 1.54) is 18.3 Å². The number of carbonyl (C=O) groups is 1. The van der Waals surface area contributed by atoms with Crippen molar-refractivity contribution in [2.24, 2.45) is 5.73 Å². The highest BCUT2D eigenvalue weighted by molar-refractivity contribution is 5.93. The average Bonchev–Trinajstić information content (AvgIpc) is 2.34. The number of hydrogen-bond donors (Lipinski definition) is 2. The van der Waals surface area contributed by atoms with Crippen molar-refractivity contribution in [3.63, 3.8) is 0 Å². The smallest absolute Gasteiger partial charge is 0.251 e. The molecule has 0 aliphatic carbocycles. The molecule has 0 spiro atoms. The van der Waals surface area contributed by atoms with Crippen molar-refractivity contribution in [3.8, 4) is 11.6 Å². The number of nitrogens with zero attached hydrogens (tertiary/aromatic N) is 1. The van der Waals surface area contributed by atoms with Crippen molar-refractivity contribution in [1.29, 1.82) is 0 Å². The van der Waals surface area contributed by atoms with E-state index in [0.29, 0.717) is 5.69 Å². The van der Waals surface area contributed by atoms with E-state index >= 15 is 0 Å². The predicted octanol–water partition coefficient (Wildman–Crippen LogP) is 2.00. The topological polar surface area (TPSA) is 91.2 Å². The molecular weight excluding hydrogens is 249 g/mol. The van der Waals surface area contributed by atoms with Crippen molar-refractivity contribution in [2.75, 3.05) is 5.73 Å². The lowest BCUT2D eigenvalue weighted by Crippen LogP contribution is -2.12. The first-order valence-corrected chi connectivity index (χ1v) is 5.47. The lowest BCUT2D eigenvalue weighted by atomic mass is 10.2. The highest BCUT2D eigenvalue weighted by Crippen LogP contribution is 2.28. The zero-order valence-electron chi connectivity index (χ0n) is 10.2. The number of benzene rings is 1. The van der Waals surface area contributed by atoms with Crippen LogP contribution in [-0.2, 0) is 0 Å². The molecule has 1 aromatic heterocycles. The van der Waals surface area contributed by atoms with Crippen LogP contribution in [0.15, 0.2) is 30.5 Å². The summed E-state index contributed by atoms with van der Waals surface area (Å²) in [7, 11) is 0. The van der Waals surface area contributed by atoms with Crippen molar-refractivity contribution in [3.05, 3.63) is 47.4 Å². The minimum atomic E-state index is -0.836. The minimum absolute atomic E-state index is 0.186. The minimum Gasteiger partial charge on any atom is -0.437 e. The van der Waals surface area contributed by atoms with Gasteiger partial charge in [0.05, 0.1) is 11.3 Å². The SMILES string of the molecule is Cc1ccnc(Oc2ccc(C(N)=O)c(F)c2)c1N. The number of aryl methyl sites for hydroxylation is 1. The van der Waals surface area contributed by atoms with Crippen LogP contribution in [0.5, 0.6) is 11.6 Å². The number of pyridine rings is 1. The third kappa shape index (κ3) is 2.62. The first-order valence-electron chi connectivity index (χ1n) is 5.47. The number of hydrogen-bond acceptors (Lipinski definition) is 4. The lowest BCUT2D eigenvalue weighted by molar-refractivity contribution is 0.0996. The van der Waals surface area contributed by atoms with Crippen molar-refractivity contribution in [2.45, 2.75) is 6.92 Å². The van der Waals surface area contributed by atoms with E-state index in [1.807, 2.05) is 0 Å². The van der Waals surface area contributed by atoms with Crippen LogP contribution < -0.4 is 16.2 Å². The van der Waals surface area contributed by atoms with Gasteiger partial charge in [0.2, 0.25) is 5.88 Å². The van der Waals surface area contributed by atoms with Gasteiger partial charge in [0, 0.05) is 12.3 Å². The number of ether oxygens (including phenoxy) is 1. The number of nitrogens with two attached hydrogens (primary N) is 2. The molecule has 0 aliphatic rings. The van der Waals surface area contributed by atoms with E-state index in [4.69, 9.17) is 16.2 Å². The Morgan fingerprint density at radius 3 is 2.74 bits per heavy atom. The molecule has 4 N–H and O–H groups in total. The normalized spacial score (nSPS) is 10.2. The molecule has 1 aromatic carbocycles. The zero-order valence-corrected chi connectivity index (χ0v) is 10.2. The number of aromatic nitrogens is 1. The van der Waals surface area contributed by atoms with E-state index in [2.05, 4.69) is 4.98 Å². The third-order valence-corrected chi connectivity index (χ3v) is 2.59. The molecule has 1 heterocycles. The highest BCUT2D eigenvalue weighted by Gasteiger charge is 2.11. The zero-order chi connectivity index (χ0) is 14.0. The van der Waals surface area contributed by atoms with Gasteiger partial charge >= 0.3 is 0 Å². The summed E-state index contributed by atoms with van der Waals surface area (Å²) in [5.41, 5.74) is 11.8. The summed E-state index contributed by atoms with van der Waals surface area (Å²) in [5, 5.41) is 0. The molecule has 0 fully saturated rings. The van der Waals surface area contributed by atoms with E-state index in [-0.39, 0.29) is 17.2 Å². The van der Waals surface area contributed by atoms with Gasteiger partial charge in [-0.15, -0.1) is 0 Å². The first-order chi connectivity index (χ1) is 8.99. The Bertz CT molecular complexity index is 644. The molecule has 0 radical (unpaired) electrons. The number of primary amides is 1. The van der Waals surface area contributed by atoms with E-state index in [9.17, 15) is 9.18 Å². The number of rotatable bonds is 3. The molecule has 98 valence electrons. The third-order valence-electron chi connectivity index (χ3n) is 2.59. The van der Waals surface area contributed by atoms with Gasteiger partial charge in [0.15, 0.2) is 0 Å². The van der Waals surface area contributed by atoms with Crippen LogP contribution in [0.25, 0.3) is 0 Å². The van der Waals surface area contributed by atoms with E-state index < -0.39 is 11.7 Å². The summed E-state index contributed by atoms with van der Waals surface area (Å²) in [6, 6.07) is 5.47. The molecule has 2 rings (SSSR count). The van der Waals surface area contributed by atoms with Crippen LogP contribution in [0, 0.1) is 12.7 Å². The second-order valence-corrected chi connectivity index (χ2v) is 3.95. The van der Waals surface area contributed by atoms with Gasteiger partial charge in [-0.3, -0.25) is 4.79 Å². The largest absolute Gasteiger partial charge is 0.437 e. The summed E-state index contributed by atoms with van der Waals surface area (Å²) in [6.07, 6.45) is 1.54. The fourth-order valence-corrected chi connectivity index (χ4v) is 1.50. The molecule has 0 unspecified atom stereocenters. The molecule has 0 aliphatic heterocycles. The van der Waals surface area contributed by atoms with Gasteiger partial charge in [0.1, 0.15) is 11.6 Å². The van der Waals surface area contributed by atoms with Gasteiger partial charge in [-0.25, -0.2) is 9.37 Å². The highest BCUT2D eigenvalue weighted by atomic mass is 19.1. The van der Waals surface area contributed by atoms with Gasteiger partial charge < -0.3 is 16.2 Å². The van der Waals surface area contributed by atoms with Crippen LogP contribution in [0.3, 0.4) is 0 Å². The Balaban J connectivity index is 2.32. The molecule has 0 atom stereocenters. The molecule has 2 aromatic rings. The van der Waals surface area contributed by atoms with Gasteiger partial charge in [-0.05, 0) is 30.7 Å². The molecule has 5 nitrogen and oxygen atoms in total. The number of halogens is 1. The fraction of sp³-hybridized carbons (Fsp3) is 0.0769. The predicted molar refractivity (Wildman–Crippen MR) is 68.4 cm³/mol. The molecule has 6 heteroatoms. The van der Waals surface area contributed by atoms with E-state index in [0.717, 1.165) is 11.6 Å². The second-order valence-electron chi connectivity index (χ2n) is 3.95. The van der Waals surface area contributed by atoms with Gasteiger partial charge in [0.25, 0.3) is 5.91 Å². The maximum absolute atomic E-state index is 13.6. The monoisotopic (exact) mass is 261 g/mol. The van der Waals surface area contributed by atoms with Gasteiger partial charge in [-0.2, -0.15) is 0 Å². The van der Waals surface area contributed by atoms with Gasteiger partial charge in [-0.1, -0.05) is 0 Å². The molecule has 0 saturated heterocycles. The average molecular weight is 261 g/mol. The number of amides is 1. The van der Waals surface area contributed by atoms with Crippen LogP contribution in [0.1, 0.15) is 15.9 Å². The van der Waals surface area contributed by atoms with Crippen molar-refractivity contribution < 1.29 is 13.9 Å². The number of nitrogen functional groups attached to an aromatic ring is 1. The Hall–Kier alpha value is -2.63. The first kappa shape index (κ1) is 12.8. The van der Waals surface area contributed by atoms with Crippen LogP contribution >= 0.6 is 0 Å². The quantitative estimate of drug-likeness (QED) is 0.884. The summed E-state index contributed by atoms with van der Waals surface area (Å²) in [5.74, 6) is -1.22. The number of anilines is 1. The number of carbonyl (C=O) groups excluding carboxylic acids is 1. The van der Waals surface area contributed by atoms with Crippen LogP contribution in [-0.4, -0.2) is 10.9 Å². The molecule has 1 amide bonds. The summed E-state index contributed by atoms with van der Waals surface area (Å²) in [6.45, 7) is 1.81. The summed E-state index contributed by atoms with van der Waals surface area (Å²) < 4.78 is 18.9. The Kier molecular flexibility index (Phi) is 3.33. The lowest BCUT2D eigenvalue weighted by Gasteiger charge is -2.09. The molecule has 0 saturated carbocycles. The Morgan fingerprint density at radius 2 is 2.11 bits per heavy atom.